The number of benzene rings is 2. The molecule has 1 atom stereocenters. The first-order valence-electron chi connectivity index (χ1n) is 8.98. The van der Waals surface area contributed by atoms with E-state index in [-0.39, 0.29) is 23.1 Å². The summed E-state index contributed by atoms with van der Waals surface area (Å²) in [6.07, 6.45) is -3.72. The van der Waals surface area contributed by atoms with Crippen LogP contribution in [-0.4, -0.2) is 29.6 Å². The first kappa shape index (κ1) is 18.5. The zero-order valence-corrected chi connectivity index (χ0v) is 14.9. The number of anilines is 2. The van der Waals surface area contributed by atoms with Crippen molar-refractivity contribution < 1.29 is 17.6 Å². The van der Waals surface area contributed by atoms with Gasteiger partial charge in [-0.3, -0.25) is 0 Å². The summed E-state index contributed by atoms with van der Waals surface area (Å²) in [5.41, 5.74) is 1.20. The second kappa shape index (κ2) is 7.26. The Labute approximate surface area is 159 Å². The van der Waals surface area contributed by atoms with Gasteiger partial charge in [0.05, 0.1) is 5.52 Å². The van der Waals surface area contributed by atoms with Crippen molar-refractivity contribution in [2.75, 3.05) is 29.9 Å². The molecule has 1 aromatic heterocycles. The molecule has 0 saturated carbocycles. The molecule has 0 unspecified atom stereocenters. The molecule has 0 radical (unpaired) electrons. The number of hydrogen-bond donors (Lipinski definition) is 1. The molecule has 1 fully saturated rings. The molecule has 28 heavy (non-hydrogen) atoms. The Morgan fingerprint density at radius 1 is 1.04 bits per heavy atom. The smallest absolute Gasteiger partial charge is 0.371 e. The van der Waals surface area contributed by atoms with Crippen LogP contribution >= 0.6 is 0 Å². The van der Waals surface area contributed by atoms with Crippen LogP contribution in [0.1, 0.15) is 12.2 Å². The molecule has 8 heteroatoms. The van der Waals surface area contributed by atoms with Crippen LogP contribution in [0.25, 0.3) is 10.9 Å². The molecule has 1 N–H and O–H groups in total. The summed E-state index contributed by atoms with van der Waals surface area (Å²) in [7, 11) is 0. The Balaban J connectivity index is 1.49. The van der Waals surface area contributed by atoms with E-state index in [0.29, 0.717) is 11.9 Å². The number of rotatable bonds is 4. The maximum absolute atomic E-state index is 13.1. The van der Waals surface area contributed by atoms with Gasteiger partial charge in [0.25, 0.3) is 0 Å². The monoisotopic (exact) mass is 390 g/mol. The van der Waals surface area contributed by atoms with E-state index in [9.17, 15) is 17.6 Å². The van der Waals surface area contributed by atoms with Gasteiger partial charge in [0.15, 0.2) is 0 Å². The fourth-order valence-electron chi connectivity index (χ4n) is 3.46. The van der Waals surface area contributed by atoms with Gasteiger partial charge in [-0.05, 0) is 48.7 Å². The van der Waals surface area contributed by atoms with Gasteiger partial charge in [0.1, 0.15) is 11.6 Å². The highest BCUT2D eigenvalue weighted by atomic mass is 19.4. The lowest BCUT2D eigenvalue weighted by Gasteiger charge is -2.19. The van der Waals surface area contributed by atoms with E-state index in [2.05, 4.69) is 20.2 Å². The molecule has 1 aliphatic rings. The molecule has 1 saturated heterocycles. The third-order valence-corrected chi connectivity index (χ3v) is 4.89. The van der Waals surface area contributed by atoms with Gasteiger partial charge in [-0.1, -0.05) is 12.1 Å². The molecule has 3 aromatic rings. The molecule has 1 aliphatic heterocycles. The first-order chi connectivity index (χ1) is 13.4. The largest absolute Gasteiger partial charge is 0.451 e. The minimum atomic E-state index is -4.60. The highest BCUT2D eigenvalue weighted by Crippen LogP contribution is 2.31. The number of para-hydroxylation sites is 1. The van der Waals surface area contributed by atoms with Crippen LogP contribution in [0.4, 0.5) is 29.1 Å². The van der Waals surface area contributed by atoms with Crippen LogP contribution in [-0.2, 0) is 6.18 Å². The molecule has 4 rings (SSSR count). The van der Waals surface area contributed by atoms with E-state index in [4.69, 9.17) is 0 Å². The molecular formula is C20H18F4N4. The number of halogens is 4. The second-order valence-electron chi connectivity index (χ2n) is 6.87. The average Bonchev–Trinajstić information content (AvgIpc) is 3.15. The lowest BCUT2D eigenvalue weighted by Crippen LogP contribution is -2.23. The Morgan fingerprint density at radius 3 is 2.54 bits per heavy atom. The van der Waals surface area contributed by atoms with Gasteiger partial charge in [-0.25, -0.2) is 14.4 Å². The maximum Gasteiger partial charge on any atom is 0.451 e. The van der Waals surface area contributed by atoms with Gasteiger partial charge in [0.2, 0.25) is 5.82 Å². The van der Waals surface area contributed by atoms with Crippen LogP contribution in [0.5, 0.6) is 0 Å². The highest BCUT2D eigenvalue weighted by Gasteiger charge is 2.35. The van der Waals surface area contributed by atoms with Crippen molar-refractivity contribution in [1.29, 1.82) is 0 Å². The fraction of sp³-hybridized carbons (Fsp3) is 0.300. The molecule has 2 heterocycles. The van der Waals surface area contributed by atoms with Crippen molar-refractivity contribution in [3.8, 4) is 0 Å². The zero-order chi connectivity index (χ0) is 19.7. The third-order valence-electron chi connectivity index (χ3n) is 4.89. The Kier molecular flexibility index (Phi) is 4.78. The predicted octanol–water partition coefficient (Wildman–Crippen LogP) is 4.73. The summed E-state index contributed by atoms with van der Waals surface area (Å²) >= 11 is 0. The van der Waals surface area contributed by atoms with E-state index in [0.717, 1.165) is 25.2 Å². The summed E-state index contributed by atoms with van der Waals surface area (Å²) in [6, 6.07) is 13.0. The summed E-state index contributed by atoms with van der Waals surface area (Å²) in [5.74, 6) is -0.989. The van der Waals surface area contributed by atoms with Gasteiger partial charge in [-0.2, -0.15) is 13.2 Å². The molecule has 0 spiro atoms. The summed E-state index contributed by atoms with van der Waals surface area (Å²) < 4.78 is 52.4. The molecule has 0 bridgehead atoms. The third kappa shape index (κ3) is 3.85. The van der Waals surface area contributed by atoms with Crippen molar-refractivity contribution in [2.45, 2.75) is 12.6 Å². The SMILES string of the molecule is Fc1ccc(N2CC[C@@H](CNc3nc(C(F)(F)F)nc4ccccc34)C2)cc1. The predicted molar refractivity (Wildman–Crippen MR) is 99.7 cm³/mol. The quantitative estimate of drug-likeness (QED) is 0.654. The van der Waals surface area contributed by atoms with Gasteiger partial charge < -0.3 is 10.2 Å². The standard InChI is InChI=1S/C20H18F4N4/c21-14-5-7-15(8-6-14)28-10-9-13(12-28)11-25-18-16-3-1-2-4-17(16)26-19(27-18)20(22,23)24/h1-8,13H,9-12H2,(H,25,26,27)/t13-/m0/s1. The van der Waals surface area contributed by atoms with Gasteiger partial charge >= 0.3 is 6.18 Å². The van der Waals surface area contributed by atoms with E-state index in [1.165, 1.54) is 12.1 Å². The summed E-state index contributed by atoms with van der Waals surface area (Å²) in [5, 5.41) is 3.64. The molecule has 2 aromatic carbocycles. The number of alkyl halides is 3. The van der Waals surface area contributed by atoms with E-state index < -0.39 is 12.0 Å². The molecule has 0 aliphatic carbocycles. The van der Waals surface area contributed by atoms with Crippen LogP contribution in [0, 0.1) is 11.7 Å². The van der Waals surface area contributed by atoms with Crippen molar-refractivity contribution in [2.24, 2.45) is 5.92 Å². The van der Waals surface area contributed by atoms with Crippen molar-refractivity contribution >= 4 is 22.4 Å². The number of hydrogen-bond acceptors (Lipinski definition) is 4. The van der Waals surface area contributed by atoms with Crippen LogP contribution in [0.15, 0.2) is 48.5 Å². The maximum atomic E-state index is 13.1. The molecular weight excluding hydrogens is 372 g/mol. The van der Waals surface area contributed by atoms with Crippen molar-refractivity contribution in [3.05, 3.63) is 60.2 Å². The van der Waals surface area contributed by atoms with Gasteiger partial charge in [0, 0.05) is 30.7 Å². The molecule has 0 amide bonds. The van der Waals surface area contributed by atoms with Crippen LogP contribution in [0.3, 0.4) is 0 Å². The number of nitrogens with zero attached hydrogens (tertiary/aromatic N) is 3. The summed E-state index contributed by atoms with van der Waals surface area (Å²) in [4.78, 5) is 9.49. The zero-order valence-electron chi connectivity index (χ0n) is 14.9. The average molecular weight is 390 g/mol. The highest BCUT2D eigenvalue weighted by molar-refractivity contribution is 5.89. The number of nitrogens with one attached hydrogen (secondary N) is 1. The second-order valence-corrected chi connectivity index (χ2v) is 6.87. The van der Waals surface area contributed by atoms with Crippen molar-refractivity contribution in [1.82, 2.24) is 9.97 Å². The van der Waals surface area contributed by atoms with Crippen LogP contribution < -0.4 is 10.2 Å². The lowest BCUT2D eigenvalue weighted by molar-refractivity contribution is -0.144. The molecule has 146 valence electrons. The van der Waals surface area contributed by atoms with Crippen molar-refractivity contribution in [3.63, 3.8) is 0 Å². The minimum absolute atomic E-state index is 0.193. The lowest BCUT2D eigenvalue weighted by atomic mass is 10.1. The minimum Gasteiger partial charge on any atom is -0.371 e. The number of fused-ring (bicyclic) bond motifs is 1. The van der Waals surface area contributed by atoms with Crippen LogP contribution in [0.2, 0.25) is 0 Å². The van der Waals surface area contributed by atoms with E-state index >= 15 is 0 Å². The topological polar surface area (TPSA) is 41.0 Å². The Bertz CT molecular complexity index is 972. The molecule has 4 nitrogen and oxygen atoms in total. The first-order valence-corrected chi connectivity index (χ1v) is 8.98. The number of aromatic nitrogens is 2. The van der Waals surface area contributed by atoms with E-state index in [1.54, 1.807) is 36.4 Å². The summed E-state index contributed by atoms with van der Waals surface area (Å²) in [6.45, 7) is 2.06. The van der Waals surface area contributed by atoms with Gasteiger partial charge in [-0.15, -0.1) is 0 Å². The normalized spacial score (nSPS) is 17.3. The fourth-order valence-corrected chi connectivity index (χ4v) is 3.46. The Morgan fingerprint density at radius 2 is 1.79 bits per heavy atom. The van der Waals surface area contributed by atoms with E-state index in [1.807, 2.05) is 0 Å². The Hall–Kier alpha value is -2.90.